The summed E-state index contributed by atoms with van der Waals surface area (Å²) in [5.41, 5.74) is 0. The van der Waals surface area contributed by atoms with Gasteiger partial charge in [0.1, 0.15) is 0 Å². The highest BCUT2D eigenvalue weighted by molar-refractivity contribution is 5.86. The summed E-state index contributed by atoms with van der Waals surface area (Å²) in [4.78, 5) is 24.6. The Kier molecular flexibility index (Phi) is 4.17. The van der Waals surface area contributed by atoms with Gasteiger partial charge in [0.2, 0.25) is 11.8 Å². The number of nitrogens with one attached hydrogen (secondary N) is 1. The molecule has 0 aromatic carbocycles. The smallest absolute Gasteiger partial charge is 0.240 e. The molecule has 1 rings (SSSR count). The van der Waals surface area contributed by atoms with Gasteiger partial charge in [-0.25, -0.2) is 0 Å². The van der Waals surface area contributed by atoms with Crippen molar-refractivity contribution in [2.45, 2.75) is 19.8 Å². The van der Waals surface area contributed by atoms with Crippen LogP contribution in [0.15, 0.2) is 0 Å². The molecule has 0 radical (unpaired) electrons. The summed E-state index contributed by atoms with van der Waals surface area (Å²) in [6.45, 7) is 2.92. The predicted octanol–water partition coefficient (Wildman–Crippen LogP) is -0.00570. The second kappa shape index (κ2) is 5.40. The maximum atomic E-state index is 11.6. The van der Waals surface area contributed by atoms with E-state index in [1.54, 1.807) is 4.90 Å². The van der Waals surface area contributed by atoms with E-state index in [9.17, 15) is 9.59 Å². The molecule has 4 nitrogen and oxygen atoms in total. The fraction of sp³-hybridized carbons (Fsp3) is 0.636. The molecule has 1 saturated heterocycles. The third-order valence-electron chi connectivity index (χ3n) is 2.52. The molecule has 1 aliphatic rings. The largest absolute Gasteiger partial charge is 0.344 e. The zero-order valence-electron chi connectivity index (χ0n) is 8.95. The molecular weight excluding hydrogens is 192 g/mol. The number of carbonyl (C=O) groups excluding carboxylic acids is 2. The van der Waals surface area contributed by atoms with Crippen LogP contribution in [-0.4, -0.2) is 36.3 Å². The standard InChI is InChI=1S/C11H16N2O2/c1-3-6-12-10(14)8-13-7-4-5-9(2)11(13)15/h1,9H,4-8H2,2H3,(H,12,14). The number of nitrogens with zero attached hydrogens (tertiary/aromatic N) is 1. The van der Waals surface area contributed by atoms with Crippen molar-refractivity contribution in [3.8, 4) is 12.3 Å². The van der Waals surface area contributed by atoms with Crippen LogP contribution in [0.3, 0.4) is 0 Å². The van der Waals surface area contributed by atoms with E-state index < -0.39 is 0 Å². The maximum Gasteiger partial charge on any atom is 0.240 e. The number of hydrogen-bond donors (Lipinski definition) is 1. The van der Waals surface area contributed by atoms with Gasteiger partial charge in [0.25, 0.3) is 0 Å². The minimum absolute atomic E-state index is 0.0409. The molecule has 0 spiro atoms. The zero-order chi connectivity index (χ0) is 11.3. The minimum Gasteiger partial charge on any atom is -0.344 e. The van der Waals surface area contributed by atoms with Gasteiger partial charge in [-0.2, -0.15) is 0 Å². The zero-order valence-corrected chi connectivity index (χ0v) is 8.95. The first-order valence-electron chi connectivity index (χ1n) is 5.14. The van der Waals surface area contributed by atoms with Gasteiger partial charge in [-0.3, -0.25) is 9.59 Å². The summed E-state index contributed by atoms with van der Waals surface area (Å²) in [6.07, 6.45) is 6.90. The highest BCUT2D eigenvalue weighted by atomic mass is 16.2. The van der Waals surface area contributed by atoms with Crippen molar-refractivity contribution in [3.63, 3.8) is 0 Å². The van der Waals surface area contributed by atoms with Crippen molar-refractivity contribution in [2.24, 2.45) is 5.92 Å². The van der Waals surface area contributed by atoms with Gasteiger partial charge in [-0.15, -0.1) is 6.42 Å². The van der Waals surface area contributed by atoms with Gasteiger partial charge in [0, 0.05) is 12.5 Å². The molecule has 1 unspecified atom stereocenters. The average molecular weight is 208 g/mol. The topological polar surface area (TPSA) is 49.4 Å². The number of carbonyl (C=O) groups is 2. The van der Waals surface area contributed by atoms with Crippen LogP contribution in [-0.2, 0) is 9.59 Å². The van der Waals surface area contributed by atoms with Gasteiger partial charge in [-0.05, 0) is 12.8 Å². The summed E-state index contributed by atoms with van der Waals surface area (Å²) < 4.78 is 0. The molecule has 0 aliphatic carbocycles. The third-order valence-corrected chi connectivity index (χ3v) is 2.52. The predicted molar refractivity (Wildman–Crippen MR) is 56.8 cm³/mol. The van der Waals surface area contributed by atoms with Crippen LogP contribution in [0, 0.1) is 18.3 Å². The Labute approximate surface area is 90.0 Å². The number of terminal acetylenes is 1. The Balaban J connectivity index is 2.40. The third kappa shape index (κ3) is 3.28. The summed E-state index contributed by atoms with van der Waals surface area (Å²) in [7, 11) is 0. The number of rotatable bonds is 3. The second-order valence-electron chi connectivity index (χ2n) is 3.78. The number of amides is 2. The molecule has 1 fully saturated rings. The Hall–Kier alpha value is -1.50. The highest BCUT2D eigenvalue weighted by Crippen LogP contribution is 2.16. The first kappa shape index (κ1) is 11.6. The molecule has 15 heavy (non-hydrogen) atoms. The molecule has 0 saturated carbocycles. The summed E-state index contributed by atoms with van der Waals surface area (Å²) in [6, 6.07) is 0. The quantitative estimate of drug-likeness (QED) is 0.663. The highest BCUT2D eigenvalue weighted by Gasteiger charge is 2.26. The van der Waals surface area contributed by atoms with E-state index in [0.29, 0.717) is 6.54 Å². The van der Waals surface area contributed by atoms with E-state index in [2.05, 4.69) is 11.2 Å². The number of hydrogen-bond acceptors (Lipinski definition) is 2. The van der Waals surface area contributed by atoms with Gasteiger partial charge >= 0.3 is 0 Å². The van der Waals surface area contributed by atoms with Crippen LogP contribution in [0.2, 0.25) is 0 Å². The van der Waals surface area contributed by atoms with Crippen LogP contribution in [0.25, 0.3) is 0 Å². The lowest BCUT2D eigenvalue weighted by Gasteiger charge is -2.29. The van der Waals surface area contributed by atoms with Crippen molar-refractivity contribution >= 4 is 11.8 Å². The van der Waals surface area contributed by atoms with E-state index in [0.717, 1.165) is 12.8 Å². The van der Waals surface area contributed by atoms with Gasteiger partial charge in [0.15, 0.2) is 0 Å². The number of likely N-dealkylation sites (tertiary alicyclic amines) is 1. The summed E-state index contributed by atoms with van der Waals surface area (Å²) in [5.74, 6) is 2.24. The van der Waals surface area contributed by atoms with Gasteiger partial charge in [0.05, 0.1) is 13.1 Å². The van der Waals surface area contributed by atoms with Crippen molar-refractivity contribution in [2.75, 3.05) is 19.6 Å². The van der Waals surface area contributed by atoms with Gasteiger partial charge < -0.3 is 10.2 Å². The molecule has 1 aliphatic heterocycles. The van der Waals surface area contributed by atoms with Crippen LogP contribution in [0.1, 0.15) is 19.8 Å². The summed E-state index contributed by atoms with van der Waals surface area (Å²) in [5, 5.41) is 2.55. The van der Waals surface area contributed by atoms with Crippen molar-refractivity contribution in [1.29, 1.82) is 0 Å². The molecule has 1 heterocycles. The van der Waals surface area contributed by atoms with E-state index >= 15 is 0 Å². The Morgan fingerprint density at radius 1 is 1.73 bits per heavy atom. The monoisotopic (exact) mass is 208 g/mol. The molecule has 4 heteroatoms. The Bertz CT molecular complexity index is 293. The van der Waals surface area contributed by atoms with Crippen molar-refractivity contribution < 1.29 is 9.59 Å². The van der Waals surface area contributed by atoms with Crippen LogP contribution >= 0.6 is 0 Å². The average Bonchev–Trinajstić information content (AvgIpc) is 2.22. The SMILES string of the molecule is C#CCNC(=O)CN1CCCC(C)C1=O. The van der Waals surface area contributed by atoms with Crippen LogP contribution in [0.5, 0.6) is 0 Å². The van der Waals surface area contributed by atoms with E-state index in [1.807, 2.05) is 6.92 Å². The molecule has 82 valence electrons. The minimum atomic E-state index is -0.185. The molecule has 0 bridgehead atoms. The van der Waals surface area contributed by atoms with Crippen LogP contribution < -0.4 is 5.32 Å². The first-order valence-corrected chi connectivity index (χ1v) is 5.14. The lowest BCUT2D eigenvalue weighted by atomic mass is 9.99. The Morgan fingerprint density at radius 2 is 2.47 bits per heavy atom. The fourth-order valence-electron chi connectivity index (χ4n) is 1.67. The fourth-order valence-corrected chi connectivity index (χ4v) is 1.67. The molecule has 1 atom stereocenters. The summed E-state index contributed by atoms with van der Waals surface area (Å²) >= 11 is 0. The van der Waals surface area contributed by atoms with Crippen LogP contribution in [0.4, 0.5) is 0 Å². The van der Waals surface area contributed by atoms with E-state index in [1.165, 1.54) is 0 Å². The van der Waals surface area contributed by atoms with Crippen molar-refractivity contribution in [3.05, 3.63) is 0 Å². The molecule has 2 amide bonds. The lowest BCUT2D eigenvalue weighted by molar-refractivity contribution is -0.141. The molecule has 0 aromatic rings. The van der Waals surface area contributed by atoms with Gasteiger partial charge in [-0.1, -0.05) is 12.8 Å². The van der Waals surface area contributed by atoms with Crippen molar-refractivity contribution in [1.82, 2.24) is 10.2 Å². The lowest BCUT2D eigenvalue weighted by Crippen LogP contribution is -2.45. The van der Waals surface area contributed by atoms with E-state index in [-0.39, 0.29) is 30.8 Å². The molecule has 0 aromatic heterocycles. The molecule has 1 N–H and O–H groups in total. The molecular formula is C11H16N2O2. The second-order valence-corrected chi connectivity index (χ2v) is 3.78. The maximum absolute atomic E-state index is 11.6. The number of piperidine rings is 1. The first-order chi connectivity index (χ1) is 7.15. The Morgan fingerprint density at radius 3 is 3.13 bits per heavy atom. The van der Waals surface area contributed by atoms with E-state index in [4.69, 9.17) is 6.42 Å². The normalized spacial score (nSPS) is 20.9.